The molecule has 84 valence electrons. The lowest BCUT2D eigenvalue weighted by Crippen LogP contribution is -1.92. The quantitative estimate of drug-likeness (QED) is 0.266. The average Bonchev–Trinajstić information content (AvgIpc) is 2.72. The highest BCUT2D eigenvalue weighted by Crippen LogP contribution is 2.25. The van der Waals surface area contributed by atoms with E-state index in [1.165, 1.54) is 36.7 Å². The van der Waals surface area contributed by atoms with Crippen LogP contribution in [-0.4, -0.2) is 18.0 Å². The number of esters is 1. The van der Waals surface area contributed by atoms with Crippen LogP contribution in [-0.2, 0) is 9.53 Å². The van der Waals surface area contributed by atoms with Gasteiger partial charge in [0.15, 0.2) is 0 Å². The van der Waals surface area contributed by atoms with Crippen LogP contribution in [0, 0.1) is 10.1 Å². The third kappa shape index (κ3) is 3.32. The Labute approximate surface area is 95.8 Å². The normalized spacial score (nSPS) is 11.1. The zero-order chi connectivity index (χ0) is 12.0. The van der Waals surface area contributed by atoms with Crippen LogP contribution in [0.25, 0.3) is 6.08 Å². The molecular weight excluding hydrogens is 230 g/mol. The third-order valence-electron chi connectivity index (χ3n) is 1.66. The molecular formula is C10H9NO4S. The van der Waals surface area contributed by atoms with Gasteiger partial charge in [0, 0.05) is 12.1 Å². The van der Waals surface area contributed by atoms with Crippen LogP contribution in [0.3, 0.4) is 0 Å². The molecule has 0 atom stereocenters. The van der Waals surface area contributed by atoms with Crippen molar-refractivity contribution in [3.05, 3.63) is 44.7 Å². The Morgan fingerprint density at radius 1 is 1.56 bits per heavy atom. The Kier molecular flexibility index (Phi) is 4.41. The average molecular weight is 239 g/mol. The van der Waals surface area contributed by atoms with E-state index in [1.54, 1.807) is 17.5 Å². The molecule has 0 saturated heterocycles. The van der Waals surface area contributed by atoms with Crippen LogP contribution < -0.4 is 0 Å². The Morgan fingerprint density at radius 2 is 2.31 bits per heavy atom. The van der Waals surface area contributed by atoms with Crippen molar-refractivity contribution in [3.8, 4) is 0 Å². The molecule has 1 heterocycles. The second-order valence-corrected chi connectivity index (χ2v) is 3.62. The number of carbonyl (C=O) groups excluding carboxylic acids is 1. The number of methoxy groups -OCH3 is 1. The number of nitro groups is 1. The second kappa shape index (κ2) is 5.82. The Hall–Kier alpha value is -1.95. The Morgan fingerprint density at radius 3 is 2.94 bits per heavy atom. The first-order valence-corrected chi connectivity index (χ1v) is 5.17. The second-order valence-electron chi connectivity index (χ2n) is 2.67. The summed E-state index contributed by atoms with van der Waals surface area (Å²) in [7, 11) is 1.28. The van der Waals surface area contributed by atoms with Gasteiger partial charge in [-0.3, -0.25) is 10.1 Å². The molecule has 0 aliphatic carbocycles. The van der Waals surface area contributed by atoms with E-state index in [0.717, 1.165) is 0 Å². The van der Waals surface area contributed by atoms with E-state index >= 15 is 0 Å². The van der Waals surface area contributed by atoms with Gasteiger partial charge in [0.1, 0.15) is 4.88 Å². The van der Waals surface area contributed by atoms with Gasteiger partial charge >= 0.3 is 5.97 Å². The number of allylic oxidation sites excluding steroid dienone is 2. The predicted octanol–water partition coefficient (Wildman–Crippen LogP) is 2.40. The molecule has 0 aliphatic heterocycles. The Balaban J connectivity index is 2.70. The summed E-state index contributed by atoms with van der Waals surface area (Å²) in [5.41, 5.74) is 0.0627. The lowest BCUT2D eigenvalue weighted by molar-refractivity contribution is -0.384. The van der Waals surface area contributed by atoms with Crippen LogP contribution in [0.15, 0.2) is 29.7 Å². The van der Waals surface area contributed by atoms with Gasteiger partial charge in [-0.05, 0) is 11.5 Å². The number of hydrogen-bond donors (Lipinski definition) is 0. The third-order valence-corrected chi connectivity index (χ3v) is 2.53. The van der Waals surface area contributed by atoms with E-state index in [-0.39, 0.29) is 5.69 Å². The van der Waals surface area contributed by atoms with Gasteiger partial charge in [-0.2, -0.15) is 0 Å². The molecule has 5 nitrogen and oxygen atoms in total. The van der Waals surface area contributed by atoms with Crippen molar-refractivity contribution in [1.29, 1.82) is 0 Å². The molecule has 0 fully saturated rings. The zero-order valence-electron chi connectivity index (χ0n) is 8.45. The smallest absolute Gasteiger partial charge is 0.330 e. The van der Waals surface area contributed by atoms with Gasteiger partial charge in [0.05, 0.1) is 12.0 Å². The van der Waals surface area contributed by atoms with E-state index in [2.05, 4.69) is 4.74 Å². The van der Waals surface area contributed by atoms with Crippen LogP contribution in [0.1, 0.15) is 4.88 Å². The highest BCUT2D eigenvalue weighted by atomic mass is 32.1. The van der Waals surface area contributed by atoms with Crippen molar-refractivity contribution in [2.75, 3.05) is 7.11 Å². The molecule has 6 heteroatoms. The van der Waals surface area contributed by atoms with Gasteiger partial charge in [-0.25, -0.2) is 4.79 Å². The minimum Gasteiger partial charge on any atom is -0.466 e. The summed E-state index contributed by atoms with van der Waals surface area (Å²) in [6, 6.07) is 1.44. The summed E-state index contributed by atoms with van der Waals surface area (Å²) in [4.78, 5) is 21.4. The maximum absolute atomic E-state index is 10.7. The van der Waals surface area contributed by atoms with Gasteiger partial charge in [0.2, 0.25) is 0 Å². The van der Waals surface area contributed by atoms with Gasteiger partial charge < -0.3 is 4.74 Å². The van der Waals surface area contributed by atoms with Crippen molar-refractivity contribution in [3.63, 3.8) is 0 Å². The molecule has 1 aromatic rings. The molecule has 0 bridgehead atoms. The van der Waals surface area contributed by atoms with Gasteiger partial charge in [-0.15, -0.1) is 11.3 Å². The number of carbonyl (C=O) groups is 1. The molecule has 0 aromatic carbocycles. The molecule has 0 aliphatic rings. The Bertz CT molecular complexity index is 447. The molecule has 16 heavy (non-hydrogen) atoms. The summed E-state index contributed by atoms with van der Waals surface area (Å²) in [6.45, 7) is 0. The maximum atomic E-state index is 10.7. The van der Waals surface area contributed by atoms with E-state index < -0.39 is 10.9 Å². The minimum absolute atomic E-state index is 0.0627. The summed E-state index contributed by atoms with van der Waals surface area (Å²) in [5.74, 6) is -0.467. The zero-order valence-corrected chi connectivity index (χ0v) is 9.27. The highest BCUT2D eigenvalue weighted by molar-refractivity contribution is 7.11. The lowest BCUT2D eigenvalue weighted by atomic mass is 10.3. The fourth-order valence-corrected chi connectivity index (χ4v) is 1.70. The van der Waals surface area contributed by atoms with Crippen LogP contribution in [0.2, 0.25) is 0 Å². The number of rotatable bonds is 4. The largest absolute Gasteiger partial charge is 0.466 e. The van der Waals surface area contributed by atoms with E-state index in [1.807, 2.05) is 0 Å². The molecule has 0 amide bonds. The van der Waals surface area contributed by atoms with E-state index in [0.29, 0.717) is 4.88 Å². The fraction of sp³-hybridized carbons (Fsp3) is 0.100. The first kappa shape index (κ1) is 12.1. The number of hydrogen-bond acceptors (Lipinski definition) is 5. The SMILES string of the molecule is COC(=O)C=CC=Cc1sccc1[N+](=O)[O-]. The minimum atomic E-state index is -0.467. The summed E-state index contributed by atoms with van der Waals surface area (Å²) >= 11 is 1.26. The molecule has 1 rings (SSSR count). The van der Waals surface area contributed by atoms with E-state index in [9.17, 15) is 14.9 Å². The van der Waals surface area contributed by atoms with Crippen LogP contribution in [0.4, 0.5) is 5.69 Å². The number of nitrogens with zero attached hydrogens (tertiary/aromatic N) is 1. The molecule has 0 saturated carbocycles. The summed E-state index contributed by atoms with van der Waals surface area (Å²) < 4.78 is 4.38. The number of thiophene rings is 1. The fourth-order valence-electron chi connectivity index (χ4n) is 0.935. The summed E-state index contributed by atoms with van der Waals surface area (Å²) in [5, 5.41) is 12.2. The molecule has 0 radical (unpaired) electrons. The van der Waals surface area contributed by atoms with Crippen molar-refractivity contribution in [2.45, 2.75) is 0 Å². The first-order valence-electron chi connectivity index (χ1n) is 4.29. The van der Waals surface area contributed by atoms with E-state index in [4.69, 9.17) is 0 Å². The van der Waals surface area contributed by atoms with Crippen molar-refractivity contribution < 1.29 is 14.5 Å². The standard InChI is InChI=1S/C10H9NO4S/c1-15-10(12)5-3-2-4-9-8(11(13)14)6-7-16-9/h2-7H,1H3. The van der Waals surface area contributed by atoms with Gasteiger partial charge in [0.25, 0.3) is 5.69 Å². The predicted molar refractivity (Wildman–Crippen MR) is 61.2 cm³/mol. The highest BCUT2D eigenvalue weighted by Gasteiger charge is 2.11. The number of ether oxygens (including phenoxy) is 1. The molecule has 0 spiro atoms. The molecule has 0 N–H and O–H groups in total. The van der Waals surface area contributed by atoms with Crippen LogP contribution in [0.5, 0.6) is 0 Å². The molecule has 1 aromatic heterocycles. The molecule has 0 unspecified atom stereocenters. The van der Waals surface area contributed by atoms with Crippen LogP contribution >= 0.6 is 11.3 Å². The lowest BCUT2D eigenvalue weighted by Gasteiger charge is -1.88. The maximum Gasteiger partial charge on any atom is 0.330 e. The first-order chi connectivity index (χ1) is 7.65. The van der Waals surface area contributed by atoms with Gasteiger partial charge in [-0.1, -0.05) is 12.2 Å². The van der Waals surface area contributed by atoms with Crippen molar-refractivity contribution >= 4 is 29.1 Å². The van der Waals surface area contributed by atoms with Crippen molar-refractivity contribution in [2.24, 2.45) is 0 Å². The monoisotopic (exact) mass is 239 g/mol. The van der Waals surface area contributed by atoms with Crippen molar-refractivity contribution in [1.82, 2.24) is 0 Å². The topological polar surface area (TPSA) is 69.4 Å². The summed E-state index contributed by atoms with van der Waals surface area (Å²) in [6.07, 6.45) is 5.82.